The predicted molar refractivity (Wildman–Crippen MR) is 72.2 cm³/mol. The standard InChI is InChI=1S/C15H16NO4/c17-9-7-12(18)14-15(13(19)6-8-16-14)20-10-11-4-2-1-3-5-11/h1-6,8,12,17-18H,7,9-10H2. The van der Waals surface area contributed by atoms with Gasteiger partial charge in [0.1, 0.15) is 18.4 Å². The fourth-order valence-electron chi connectivity index (χ4n) is 1.82. The lowest BCUT2D eigenvalue weighted by Crippen LogP contribution is -2.26. The van der Waals surface area contributed by atoms with Gasteiger partial charge in [0.15, 0.2) is 5.76 Å². The van der Waals surface area contributed by atoms with Crippen molar-refractivity contribution in [1.29, 1.82) is 0 Å². The second-order valence-electron chi connectivity index (χ2n) is 4.33. The molecular weight excluding hydrogens is 258 g/mol. The molecule has 1 radical (unpaired) electrons. The van der Waals surface area contributed by atoms with Crippen molar-refractivity contribution in [3.63, 3.8) is 0 Å². The zero-order valence-corrected chi connectivity index (χ0v) is 10.9. The van der Waals surface area contributed by atoms with Crippen LogP contribution in [0.1, 0.15) is 12.0 Å². The molecule has 1 aromatic carbocycles. The molecule has 105 valence electrons. The Morgan fingerprint density at radius 1 is 1.25 bits per heavy atom. The largest absolute Gasteiger partial charge is 0.483 e. The van der Waals surface area contributed by atoms with Crippen molar-refractivity contribution in [2.75, 3.05) is 6.61 Å². The van der Waals surface area contributed by atoms with Gasteiger partial charge >= 0.3 is 0 Å². The summed E-state index contributed by atoms with van der Waals surface area (Å²) in [4.78, 5) is 11.8. The Bertz CT molecular complexity index is 522. The van der Waals surface area contributed by atoms with Crippen LogP contribution in [0.4, 0.5) is 0 Å². The summed E-state index contributed by atoms with van der Waals surface area (Å²) in [5.74, 6) is -0.291. The third kappa shape index (κ3) is 3.46. The molecule has 0 spiro atoms. The van der Waals surface area contributed by atoms with Crippen LogP contribution in [0.5, 0.6) is 0 Å². The first-order chi connectivity index (χ1) is 9.72. The van der Waals surface area contributed by atoms with Crippen molar-refractivity contribution in [2.45, 2.75) is 19.1 Å². The summed E-state index contributed by atoms with van der Waals surface area (Å²) in [6.45, 7) is 0.0324. The van der Waals surface area contributed by atoms with Crippen LogP contribution in [0.2, 0.25) is 0 Å². The first-order valence-corrected chi connectivity index (χ1v) is 6.34. The van der Waals surface area contributed by atoms with Crippen molar-refractivity contribution in [1.82, 2.24) is 5.32 Å². The molecular formula is C15H16NO4. The van der Waals surface area contributed by atoms with E-state index in [1.165, 1.54) is 12.3 Å². The van der Waals surface area contributed by atoms with Gasteiger partial charge in [0.05, 0.1) is 0 Å². The molecule has 0 aliphatic carbocycles. The van der Waals surface area contributed by atoms with E-state index in [1.807, 2.05) is 30.3 Å². The van der Waals surface area contributed by atoms with E-state index < -0.39 is 6.10 Å². The molecule has 0 aromatic heterocycles. The minimum atomic E-state index is -1.01. The number of nitrogens with zero attached hydrogens (tertiary/aromatic N) is 1. The van der Waals surface area contributed by atoms with Crippen molar-refractivity contribution in [3.8, 4) is 0 Å². The van der Waals surface area contributed by atoms with Crippen molar-refractivity contribution < 1.29 is 19.7 Å². The molecule has 0 saturated heterocycles. The van der Waals surface area contributed by atoms with Crippen molar-refractivity contribution in [2.24, 2.45) is 0 Å². The first kappa shape index (κ1) is 14.3. The number of carbonyl (C=O) groups excluding carboxylic acids is 1. The second-order valence-corrected chi connectivity index (χ2v) is 4.33. The molecule has 1 heterocycles. The molecule has 0 fully saturated rings. The third-order valence-corrected chi connectivity index (χ3v) is 2.84. The highest BCUT2D eigenvalue weighted by Crippen LogP contribution is 2.19. The van der Waals surface area contributed by atoms with Gasteiger partial charge < -0.3 is 14.9 Å². The lowest BCUT2D eigenvalue weighted by molar-refractivity contribution is -0.115. The maximum Gasteiger partial charge on any atom is 0.223 e. The van der Waals surface area contributed by atoms with E-state index in [1.54, 1.807) is 0 Å². The van der Waals surface area contributed by atoms with Crippen LogP contribution in [0.25, 0.3) is 0 Å². The maximum absolute atomic E-state index is 11.8. The third-order valence-electron chi connectivity index (χ3n) is 2.84. The van der Waals surface area contributed by atoms with E-state index in [-0.39, 0.29) is 36.9 Å². The summed E-state index contributed by atoms with van der Waals surface area (Å²) in [7, 11) is 0. The average Bonchev–Trinajstić information content (AvgIpc) is 2.47. The number of aliphatic hydroxyl groups is 2. The van der Waals surface area contributed by atoms with Gasteiger partial charge in [-0.3, -0.25) is 10.1 Å². The highest BCUT2D eigenvalue weighted by atomic mass is 16.5. The minimum absolute atomic E-state index is 0.0392. The Morgan fingerprint density at radius 3 is 2.70 bits per heavy atom. The van der Waals surface area contributed by atoms with E-state index in [4.69, 9.17) is 9.84 Å². The Morgan fingerprint density at radius 2 is 2.00 bits per heavy atom. The molecule has 2 N–H and O–H groups in total. The SMILES string of the molecule is O=C1C=C[N]C(C(O)CCO)=C1OCc1ccccc1. The van der Waals surface area contributed by atoms with Crippen molar-refractivity contribution >= 4 is 5.78 Å². The number of hydrogen-bond donors (Lipinski definition) is 2. The predicted octanol–water partition coefficient (Wildman–Crippen LogP) is 0.859. The van der Waals surface area contributed by atoms with Gasteiger partial charge in [0.2, 0.25) is 5.78 Å². The lowest BCUT2D eigenvalue weighted by atomic mass is 10.1. The van der Waals surface area contributed by atoms with Crippen LogP contribution in [0.3, 0.4) is 0 Å². The Hall–Kier alpha value is -2.11. The number of benzene rings is 1. The van der Waals surface area contributed by atoms with Crippen LogP contribution >= 0.6 is 0 Å². The van der Waals surface area contributed by atoms with Gasteiger partial charge in [0, 0.05) is 25.3 Å². The summed E-state index contributed by atoms with van der Waals surface area (Å²) in [5, 5.41) is 22.7. The lowest BCUT2D eigenvalue weighted by Gasteiger charge is -2.19. The molecule has 1 aliphatic rings. The molecule has 0 bridgehead atoms. The molecule has 5 nitrogen and oxygen atoms in total. The number of hydrogen-bond acceptors (Lipinski definition) is 4. The van der Waals surface area contributed by atoms with Gasteiger partial charge in [0.25, 0.3) is 0 Å². The molecule has 1 unspecified atom stereocenters. The zero-order valence-electron chi connectivity index (χ0n) is 10.9. The van der Waals surface area contributed by atoms with Crippen LogP contribution < -0.4 is 5.32 Å². The molecule has 1 atom stereocenters. The second kappa shape index (κ2) is 6.88. The molecule has 1 aliphatic heterocycles. The fourth-order valence-corrected chi connectivity index (χ4v) is 1.82. The summed E-state index contributed by atoms with van der Waals surface area (Å²) < 4.78 is 5.50. The molecule has 1 aromatic rings. The highest BCUT2D eigenvalue weighted by Gasteiger charge is 2.25. The molecule has 2 rings (SSSR count). The minimum Gasteiger partial charge on any atom is -0.483 e. The van der Waals surface area contributed by atoms with Crippen LogP contribution in [0.15, 0.2) is 54.1 Å². The normalized spacial score (nSPS) is 16.0. The fraction of sp³-hybridized carbons (Fsp3) is 0.267. The summed E-state index contributed by atoms with van der Waals surface area (Å²) in [6, 6.07) is 9.40. The molecule has 0 amide bonds. The molecule has 0 saturated carbocycles. The molecule has 20 heavy (non-hydrogen) atoms. The number of rotatable bonds is 6. The molecule has 5 heteroatoms. The van der Waals surface area contributed by atoms with Gasteiger partial charge in [-0.05, 0) is 5.56 Å². The monoisotopic (exact) mass is 274 g/mol. The smallest absolute Gasteiger partial charge is 0.223 e. The topological polar surface area (TPSA) is 80.9 Å². The highest BCUT2D eigenvalue weighted by molar-refractivity contribution is 6.03. The van der Waals surface area contributed by atoms with Crippen molar-refractivity contribution in [3.05, 3.63) is 59.6 Å². The van der Waals surface area contributed by atoms with E-state index in [9.17, 15) is 9.90 Å². The number of allylic oxidation sites excluding steroid dienone is 1. The summed E-state index contributed by atoms with van der Waals surface area (Å²) >= 11 is 0. The number of carbonyl (C=O) groups is 1. The van der Waals surface area contributed by atoms with E-state index in [2.05, 4.69) is 5.32 Å². The number of ketones is 1. The first-order valence-electron chi connectivity index (χ1n) is 6.34. The van der Waals surface area contributed by atoms with E-state index in [0.29, 0.717) is 0 Å². The van der Waals surface area contributed by atoms with Crippen LogP contribution in [-0.4, -0.2) is 28.7 Å². The van der Waals surface area contributed by atoms with Gasteiger partial charge in [-0.2, -0.15) is 0 Å². The average molecular weight is 274 g/mol. The zero-order chi connectivity index (χ0) is 14.4. The summed E-state index contributed by atoms with van der Waals surface area (Å²) in [5.41, 5.74) is 1.08. The Labute approximate surface area is 117 Å². The Balaban J connectivity index is 2.13. The number of ether oxygens (including phenoxy) is 1. The van der Waals surface area contributed by atoms with Crippen LogP contribution in [-0.2, 0) is 16.1 Å². The van der Waals surface area contributed by atoms with E-state index >= 15 is 0 Å². The van der Waals surface area contributed by atoms with Gasteiger partial charge in [-0.15, -0.1) is 0 Å². The van der Waals surface area contributed by atoms with Gasteiger partial charge in [-0.25, -0.2) is 0 Å². The number of aliphatic hydroxyl groups excluding tert-OH is 2. The maximum atomic E-state index is 11.8. The Kier molecular flexibility index (Phi) is 4.92. The quantitative estimate of drug-likeness (QED) is 0.806. The van der Waals surface area contributed by atoms with Gasteiger partial charge in [-0.1, -0.05) is 30.3 Å². The van der Waals surface area contributed by atoms with Crippen LogP contribution in [0, 0.1) is 0 Å². The summed E-state index contributed by atoms with van der Waals surface area (Å²) in [6.07, 6.45) is 1.71. The van der Waals surface area contributed by atoms with E-state index in [0.717, 1.165) is 5.56 Å².